The van der Waals surface area contributed by atoms with E-state index in [1.807, 2.05) is 0 Å². The van der Waals surface area contributed by atoms with E-state index in [1.165, 1.54) is 17.0 Å². The molecule has 3 heterocycles. The fourth-order valence-corrected chi connectivity index (χ4v) is 4.84. The summed E-state index contributed by atoms with van der Waals surface area (Å²) in [6.07, 6.45) is -4.28. The van der Waals surface area contributed by atoms with Crippen LogP contribution >= 0.6 is 0 Å². The van der Waals surface area contributed by atoms with Gasteiger partial charge in [0, 0.05) is 44.6 Å². The van der Waals surface area contributed by atoms with Crippen molar-refractivity contribution in [3.63, 3.8) is 0 Å². The number of para-hydroxylation sites is 2. The van der Waals surface area contributed by atoms with Crippen LogP contribution in [0.15, 0.2) is 42.7 Å². The summed E-state index contributed by atoms with van der Waals surface area (Å²) in [6, 6.07) is 7.32. The maximum atomic E-state index is 12.8. The molecule has 0 radical (unpaired) electrons. The molecule has 2 aromatic rings. The molecule has 9 nitrogen and oxygen atoms in total. The largest absolute Gasteiger partial charge is 0.573 e. The van der Waals surface area contributed by atoms with Crippen LogP contribution in [0.2, 0.25) is 0 Å². The van der Waals surface area contributed by atoms with Crippen LogP contribution < -0.4 is 15.0 Å². The minimum atomic E-state index is -4.80. The van der Waals surface area contributed by atoms with Gasteiger partial charge in [-0.3, -0.25) is 14.6 Å². The van der Waals surface area contributed by atoms with Crippen molar-refractivity contribution in [3.05, 3.63) is 53.9 Å². The molecule has 4 rings (SSSR count). The SMILES string of the molecule is C[C@@H](NC(=O)[C@H](O)[C@@H](O)C(=O)N1Cc2ccncc2C1)C1CCN(c2ccccc2OC(F)(F)F)CC1. The van der Waals surface area contributed by atoms with Crippen LogP contribution in [-0.2, 0) is 22.7 Å². The second-order valence-electron chi connectivity index (χ2n) is 9.37. The van der Waals surface area contributed by atoms with E-state index in [4.69, 9.17) is 0 Å². The number of aliphatic hydroxyl groups excluding tert-OH is 2. The van der Waals surface area contributed by atoms with Crippen LogP contribution in [0.1, 0.15) is 30.9 Å². The highest BCUT2D eigenvalue weighted by molar-refractivity contribution is 5.91. The van der Waals surface area contributed by atoms with E-state index in [2.05, 4.69) is 15.0 Å². The number of benzene rings is 1. The molecule has 0 unspecified atom stereocenters. The lowest BCUT2D eigenvalue weighted by Gasteiger charge is -2.37. The van der Waals surface area contributed by atoms with Gasteiger partial charge in [-0.1, -0.05) is 12.1 Å². The first kappa shape index (κ1) is 26.7. The molecule has 0 saturated carbocycles. The molecule has 0 aliphatic carbocycles. The van der Waals surface area contributed by atoms with Gasteiger partial charge in [0.25, 0.3) is 11.8 Å². The van der Waals surface area contributed by atoms with E-state index >= 15 is 0 Å². The summed E-state index contributed by atoms with van der Waals surface area (Å²) in [5.74, 6) is -1.90. The van der Waals surface area contributed by atoms with Crippen molar-refractivity contribution < 1.29 is 37.7 Å². The number of hydrogen-bond acceptors (Lipinski definition) is 7. The predicted molar refractivity (Wildman–Crippen MR) is 126 cm³/mol. The van der Waals surface area contributed by atoms with Crippen molar-refractivity contribution in [2.45, 2.75) is 57.5 Å². The highest BCUT2D eigenvalue weighted by atomic mass is 19.4. The minimum absolute atomic E-state index is 0.0171. The number of anilines is 1. The number of nitrogens with one attached hydrogen (secondary N) is 1. The van der Waals surface area contributed by atoms with Crippen LogP contribution in [0, 0.1) is 5.92 Å². The van der Waals surface area contributed by atoms with Gasteiger partial charge in [0.2, 0.25) is 0 Å². The van der Waals surface area contributed by atoms with Crippen LogP contribution in [-0.4, -0.2) is 69.6 Å². The van der Waals surface area contributed by atoms with E-state index < -0.39 is 36.4 Å². The Morgan fingerprint density at radius 3 is 2.43 bits per heavy atom. The number of carbonyl (C=O) groups excluding carboxylic acids is 2. The van der Waals surface area contributed by atoms with Crippen molar-refractivity contribution in [2.24, 2.45) is 5.92 Å². The Bertz CT molecular complexity index is 1100. The summed E-state index contributed by atoms with van der Waals surface area (Å²) >= 11 is 0. The third-order valence-electron chi connectivity index (χ3n) is 6.91. The van der Waals surface area contributed by atoms with Crippen molar-refractivity contribution in [1.82, 2.24) is 15.2 Å². The molecule has 2 aliphatic heterocycles. The van der Waals surface area contributed by atoms with Crippen molar-refractivity contribution in [2.75, 3.05) is 18.0 Å². The number of ether oxygens (including phenoxy) is 1. The van der Waals surface area contributed by atoms with E-state index in [0.29, 0.717) is 31.6 Å². The summed E-state index contributed by atoms with van der Waals surface area (Å²) in [5.41, 5.74) is 2.07. The summed E-state index contributed by atoms with van der Waals surface area (Å²) in [4.78, 5) is 32.4. The Balaban J connectivity index is 1.28. The molecule has 1 aromatic heterocycles. The maximum Gasteiger partial charge on any atom is 0.573 e. The number of hydrogen-bond donors (Lipinski definition) is 3. The standard InChI is InChI=1S/C25H29F3N4O5/c1-15(16-7-10-31(11-8-16)19-4-2-3-5-20(19)37-25(26,27)28)30-23(35)21(33)22(34)24(36)32-13-17-6-9-29-12-18(17)14-32/h2-6,9,12,15-16,21-22,33-34H,7-8,10-11,13-14H2,1H3,(H,30,35)/t15-,21-,22-/m1/s1. The van der Waals surface area contributed by atoms with Crippen LogP contribution in [0.25, 0.3) is 0 Å². The molecular weight excluding hydrogens is 493 g/mol. The van der Waals surface area contributed by atoms with Gasteiger partial charge in [0.05, 0.1) is 5.69 Å². The lowest BCUT2D eigenvalue weighted by Crippen LogP contribution is -2.53. The van der Waals surface area contributed by atoms with Crippen molar-refractivity contribution >= 4 is 17.5 Å². The zero-order valence-electron chi connectivity index (χ0n) is 20.2. The highest BCUT2D eigenvalue weighted by Crippen LogP contribution is 2.35. The van der Waals surface area contributed by atoms with Gasteiger partial charge < -0.3 is 30.1 Å². The second-order valence-corrected chi connectivity index (χ2v) is 9.37. The minimum Gasteiger partial charge on any atom is -0.404 e. The topological polar surface area (TPSA) is 115 Å². The lowest BCUT2D eigenvalue weighted by atomic mass is 9.89. The number of halogens is 3. The quantitative estimate of drug-likeness (QED) is 0.509. The molecule has 1 fully saturated rings. The van der Waals surface area contributed by atoms with Gasteiger partial charge in [-0.25, -0.2) is 0 Å². The fraction of sp³-hybridized carbons (Fsp3) is 0.480. The average Bonchev–Trinajstić information content (AvgIpc) is 3.31. The molecule has 200 valence electrons. The summed E-state index contributed by atoms with van der Waals surface area (Å²) in [6.45, 7) is 3.13. The number of carbonyl (C=O) groups is 2. The van der Waals surface area contributed by atoms with E-state index in [1.54, 1.807) is 42.4 Å². The van der Waals surface area contributed by atoms with Crippen LogP contribution in [0.3, 0.4) is 0 Å². The number of aromatic nitrogens is 1. The molecular formula is C25H29F3N4O5. The first-order chi connectivity index (χ1) is 17.5. The number of fused-ring (bicyclic) bond motifs is 1. The Labute approximate surface area is 211 Å². The van der Waals surface area contributed by atoms with Gasteiger partial charge >= 0.3 is 6.36 Å². The van der Waals surface area contributed by atoms with Gasteiger partial charge in [0.1, 0.15) is 0 Å². The first-order valence-corrected chi connectivity index (χ1v) is 12.0. The van der Waals surface area contributed by atoms with E-state index in [0.717, 1.165) is 11.1 Å². The molecule has 2 amide bonds. The summed E-state index contributed by atoms with van der Waals surface area (Å²) in [5, 5.41) is 23.4. The average molecular weight is 523 g/mol. The third kappa shape index (κ3) is 6.31. The van der Waals surface area contributed by atoms with E-state index in [9.17, 15) is 33.0 Å². The normalized spacial score (nSPS) is 18.6. The number of rotatable bonds is 7. The third-order valence-corrected chi connectivity index (χ3v) is 6.91. The van der Waals surface area contributed by atoms with Crippen molar-refractivity contribution in [1.29, 1.82) is 0 Å². The number of amides is 2. The number of pyridine rings is 1. The molecule has 0 bridgehead atoms. The fourth-order valence-electron chi connectivity index (χ4n) is 4.84. The van der Waals surface area contributed by atoms with Gasteiger partial charge in [-0.05, 0) is 55.0 Å². The Morgan fingerprint density at radius 1 is 1.08 bits per heavy atom. The van der Waals surface area contributed by atoms with Gasteiger partial charge in [-0.15, -0.1) is 13.2 Å². The molecule has 12 heteroatoms. The van der Waals surface area contributed by atoms with Crippen molar-refractivity contribution in [3.8, 4) is 5.75 Å². The predicted octanol–water partition coefficient (Wildman–Crippen LogP) is 1.97. The zero-order valence-corrected chi connectivity index (χ0v) is 20.2. The number of nitrogens with zero attached hydrogens (tertiary/aromatic N) is 3. The smallest absolute Gasteiger partial charge is 0.404 e. The first-order valence-electron chi connectivity index (χ1n) is 12.0. The Hall–Kier alpha value is -3.38. The van der Waals surface area contributed by atoms with Crippen LogP contribution in [0.5, 0.6) is 5.75 Å². The van der Waals surface area contributed by atoms with Gasteiger partial charge in [0.15, 0.2) is 18.0 Å². The summed E-state index contributed by atoms with van der Waals surface area (Å²) < 4.78 is 42.4. The van der Waals surface area contributed by atoms with E-state index in [-0.39, 0.29) is 24.8 Å². The Kier molecular flexibility index (Phi) is 7.88. The zero-order chi connectivity index (χ0) is 26.7. The monoisotopic (exact) mass is 522 g/mol. The molecule has 3 N–H and O–H groups in total. The molecule has 37 heavy (non-hydrogen) atoms. The highest BCUT2D eigenvalue weighted by Gasteiger charge is 2.37. The maximum absolute atomic E-state index is 12.8. The Morgan fingerprint density at radius 2 is 1.76 bits per heavy atom. The molecule has 2 aliphatic rings. The molecule has 3 atom stereocenters. The number of aliphatic hydroxyl groups is 2. The number of alkyl halides is 3. The number of piperidine rings is 1. The van der Waals surface area contributed by atoms with Crippen LogP contribution in [0.4, 0.5) is 18.9 Å². The lowest BCUT2D eigenvalue weighted by molar-refractivity contribution is -0.274. The molecule has 1 saturated heterocycles. The van der Waals surface area contributed by atoms with Gasteiger partial charge in [-0.2, -0.15) is 0 Å². The second kappa shape index (κ2) is 10.9. The molecule has 1 aromatic carbocycles. The summed E-state index contributed by atoms with van der Waals surface area (Å²) in [7, 11) is 0. The molecule has 0 spiro atoms.